The number of hydrazone groups is 1. The molecule has 1 heterocycles. The number of carbonyl (C=O) groups is 1. The molecule has 21 heavy (non-hydrogen) atoms. The van der Waals surface area contributed by atoms with Crippen molar-refractivity contribution in [2.24, 2.45) is 5.10 Å². The van der Waals surface area contributed by atoms with Crippen LogP contribution in [-0.4, -0.2) is 16.6 Å². The van der Waals surface area contributed by atoms with E-state index >= 15 is 0 Å². The second kappa shape index (κ2) is 5.63. The normalized spacial score (nSPS) is 11.6. The highest BCUT2D eigenvalue weighted by Gasteiger charge is 2.05. The largest absolute Gasteiger partial charge is 0.357 e. The molecule has 2 aromatic carbocycles. The average molecular weight is 277 g/mol. The Morgan fingerprint density at radius 2 is 1.86 bits per heavy atom. The number of hydrogen-bond acceptors (Lipinski definition) is 2. The Bertz CT molecular complexity index is 804. The van der Waals surface area contributed by atoms with E-state index in [1.807, 2.05) is 25.1 Å². The number of H-pyrrole nitrogens is 1. The molecular weight excluding hydrogens is 262 g/mol. The number of aromatic nitrogens is 1. The third-order valence-electron chi connectivity index (χ3n) is 3.33. The molecule has 3 rings (SSSR count). The van der Waals surface area contributed by atoms with Gasteiger partial charge in [0.25, 0.3) is 5.91 Å². The minimum absolute atomic E-state index is 0.250. The molecule has 1 amide bonds. The molecule has 0 saturated heterocycles. The molecule has 2 N–H and O–H groups in total. The van der Waals surface area contributed by atoms with Crippen LogP contribution in [0.2, 0.25) is 0 Å². The molecule has 0 aliphatic carbocycles. The van der Waals surface area contributed by atoms with E-state index in [2.05, 4.69) is 39.8 Å². The highest BCUT2D eigenvalue weighted by molar-refractivity contribution is 6.03. The van der Waals surface area contributed by atoms with Gasteiger partial charge in [0.2, 0.25) is 0 Å². The Morgan fingerprint density at radius 1 is 1.05 bits per heavy atom. The van der Waals surface area contributed by atoms with E-state index in [9.17, 15) is 4.79 Å². The van der Waals surface area contributed by atoms with E-state index in [0.29, 0.717) is 5.69 Å². The van der Waals surface area contributed by atoms with Gasteiger partial charge < -0.3 is 4.98 Å². The van der Waals surface area contributed by atoms with Crippen LogP contribution in [0.4, 0.5) is 0 Å². The van der Waals surface area contributed by atoms with E-state index in [4.69, 9.17) is 0 Å². The lowest BCUT2D eigenvalue weighted by molar-refractivity contribution is 0.0950. The molecule has 0 bridgehead atoms. The summed E-state index contributed by atoms with van der Waals surface area (Å²) in [7, 11) is 0. The van der Waals surface area contributed by atoms with Crippen molar-refractivity contribution >= 4 is 22.4 Å². The predicted molar refractivity (Wildman–Crippen MR) is 84.4 cm³/mol. The van der Waals surface area contributed by atoms with E-state index in [0.717, 1.165) is 16.7 Å². The summed E-state index contributed by atoms with van der Waals surface area (Å²) in [5.41, 5.74) is 4.79. The van der Waals surface area contributed by atoms with Crippen molar-refractivity contribution in [1.29, 1.82) is 0 Å². The summed E-state index contributed by atoms with van der Waals surface area (Å²) in [4.78, 5) is 14.6. The second-order valence-corrected chi connectivity index (χ2v) is 4.78. The Kier molecular flexibility index (Phi) is 3.51. The molecule has 0 unspecified atom stereocenters. The van der Waals surface area contributed by atoms with Gasteiger partial charge in [-0.2, -0.15) is 5.10 Å². The summed E-state index contributed by atoms with van der Waals surface area (Å²) in [6.07, 6.45) is 1.70. The first-order chi connectivity index (χ1) is 10.2. The van der Waals surface area contributed by atoms with E-state index in [1.54, 1.807) is 18.3 Å². The number of nitrogens with zero attached hydrogens (tertiary/aromatic N) is 1. The molecular formula is C17H15N3O. The van der Waals surface area contributed by atoms with Crippen LogP contribution in [0.1, 0.15) is 23.0 Å². The van der Waals surface area contributed by atoms with Crippen molar-refractivity contribution in [1.82, 2.24) is 10.4 Å². The number of benzene rings is 2. The topological polar surface area (TPSA) is 57.2 Å². The summed E-state index contributed by atoms with van der Waals surface area (Å²) < 4.78 is 0. The number of fused-ring (bicyclic) bond motifs is 1. The van der Waals surface area contributed by atoms with Gasteiger partial charge in [-0.15, -0.1) is 0 Å². The zero-order valence-corrected chi connectivity index (χ0v) is 11.6. The Labute approximate surface area is 122 Å². The smallest absolute Gasteiger partial charge is 0.287 e. The summed E-state index contributed by atoms with van der Waals surface area (Å²) in [6.45, 7) is 1.87. The summed E-state index contributed by atoms with van der Waals surface area (Å²) in [5, 5.41) is 6.49. The van der Waals surface area contributed by atoms with Crippen LogP contribution in [0.5, 0.6) is 0 Å². The maximum atomic E-state index is 11.8. The van der Waals surface area contributed by atoms with Crippen molar-refractivity contribution < 1.29 is 4.79 Å². The first-order valence-corrected chi connectivity index (χ1v) is 6.71. The Balaban J connectivity index is 1.81. The molecule has 3 aromatic rings. The van der Waals surface area contributed by atoms with Gasteiger partial charge in [-0.05, 0) is 41.5 Å². The minimum atomic E-state index is -0.250. The zero-order valence-electron chi connectivity index (χ0n) is 11.6. The van der Waals surface area contributed by atoms with Crippen LogP contribution in [0, 0.1) is 0 Å². The molecule has 4 heteroatoms. The quantitative estimate of drug-likeness (QED) is 0.560. The van der Waals surface area contributed by atoms with E-state index < -0.39 is 0 Å². The van der Waals surface area contributed by atoms with Crippen LogP contribution in [0.25, 0.3) is 10.8 Å². The van der Waals surface area contributed by atoms with Crippen LogP contribution in [-0.2, 0) is 0 Å². The zero-order chi connectivity index (χ0) is 14.7. The second-order valence-electron chi connectivity index (χ2n) is 4.78. The lowest BCUT2D eigenvalue weighted by Gasteiger charge is -2.04. The molecule has 0 spiro atoms. The molecule has 0 atom stereocenters. The van der Waals surface area contributed by atoms with Crippen molar-refractivity contribution in [3.63, 3.8) is 0 Å². The number of aromatic amines is 1. The SMILES string of the molecule is C/C(=N/NC(=O)c1ccc[nH]1)c1ccc2ccccc2c1. The minimum Gasteiger partial charge on any atom is -0.357 e. The molecule has 0 aliphatic rings. The highest BCUT2D eigenvalue weighted by Crippen LogP contribution is 2.16. The number of amides is 1. The molecule has 0 radical (unpaired) electrons. The van der Waals surface area contributed by atoms with Crippen LogP contribution < -0.4 is 5.43 Å². The third kappa shape index (κ3) is 2.84. The summed E-state index contributed by atoms with van der Waals surface area (Å²) >= 11 is 0. The van der Waals surface area contributed by atoms with Gasteiger partial charge in [0.05, 0.1) is 5.71 Å². The van der Waals surface area contributed by atoms with Gasteiger partial charge in [-0.3, -0.25) is 4.79 Å². The predicted octanol–water partition coefficient (Wildman–Crippen LogP) is 3.32. The monoisotopic (exact) mass is 277 g/mol. The lowest BCUT2D eigenvalue weighted by Crippen LogP contribution is -2.19. The number of nitrogens with one attached hydrogen (secondary N) is 2. The van der Waals surface area contributed by atoms with Gasteiger partial charge in [-0.1, -0.05) is 36.4 Å². The van der Waals surface area contributed by atoms with Gasteiger partial charge in [0, 0.05) is 6.20 Å². The van der Waals surface area contributed by atoms with Gasteiger partial charge in [0.15, 0.2) is 0 Å². The molecule has 4 nitrogen and oxygen atoms in total. The number of hydrogen-bond donors (Lipinski definition) is 2. The molecule has 0 fully saturated rings. The average Bonchev–Trinajstić information content (AvgIpc) is 3.06. The molecule has 1 aromatic heterocycles. The van der Waals surface area contributed by atoms with Gasteiger partial charge in [0.1, 0.15) is 5.69 Å². The standard InChI is InChI=1S/C17H15N3O/c1-12(19-20-17(21)16-7-4-10-18-16)14-9-8-13-5-2-3-6-15(13)11-14/h2-11,18H,1H3,(H,20,21)/b19-12-. The Morgan fingerprint density at radius 3 is 2.62 bits per heavy atom. The number of carbonyl (C=O) groups excluding carboxylic acids is 1. The van der Waals surface area contributed by atoms with Crippen molar-refractivity contribution in [2.75, 3.05) is 0 Å². The van der Waals surface area contributed by atoms with Crippen LogP contribution in [0.3, 0.4) is 0 Å². The Hall–Kier alpha value is -2.88. The van der Waals surface area contributed by atoms with E-state index in [1.165, 1.54) is 5.39 Å². The lowest BCUT2D eigenvalue weighted by atomic mass is 10.0. The summed E-state index contributed by atoms with van der Waals surface area (Å²) in [6, 6.07) is 17.7. The van der Waals surface area contributed by atoms with Gasteiger partial charge >= 0.3 is 0 Å². The third-order valence-corrected chi connectivity index (χ3v) is 3.33. The van der Waals surface area contributed by atoms with Crippen molar-refractivity contribution in [3.8, 4) is 0 Å². The fourth-order valence-corrected chi connectivity index (χ4v) is 2.15. The summed E-state index contributed by atoms with van der Waals surface area (Å²) in [5.74, 6) is -0.250. The fraction of sp³-hybridized carbons (Fsp3) is 0.0588. The van der Waals surface area contributed by atoms with Crippen LogP contribution >= 0.6 is 0 Å². The van der Waals surface area contributed by atoms with E-state index in [-0.39, 0.29) is 5.91 Å². The molecule has 0 saturated carbocycles. The fourth-order valence-electron chi connectivity index (χ4n) is 2.15. The first kappa shape index (κ1) is 13.1. The molecule has 0 aliphatic heterocycles. The van der Waals surface area contributed by atoms with Gasteiger partial charge in [-0.25, -0.2) is 5.43 Å². The highest BCUT2D eigenvalue weighted by atomic mass is 16.2. The van der Waals surface area contributed by atoms with Crippen LogP contribution in [0.15, 0.2) is 65.9 Å². The number of rotatable bonds is 3. The van der Waals surface area contributed by atoms with Crippen molar-refractivity contribution in [3.05, 3.63) is 72.1 Å². The first-order valence-electron chi connectivity index (χ1n) is 6.71. The molecule has 104 valence electrons. The maximum Gasteiger partial charge on any atom is 0.287 e. The van der Waals surface area contributed by atoms with Crippen molar-refractivity contribution in [2.45, 2.75) is 6.92 Å². The maximum absolute atomic E-state index is 11.8.